The Morgan fingerprint density at radius 3 is 2.89 bits per heavy atom. The van der Waals surface area contributed by atoms with Crippen LogP contribution in [0.3, 0.4) is 0 Å². The summed E-state index contributed by atoms with van der Waals surface area (Å²) < 4.78 is 0.828. The highest BCUT2D eigenvalue weighted by Gasteiger charge is 2.22. The molecule has 1 aromatic carbocycles. The second kappa shape index (κ2) is 5.85. The largest absolute Gasteiger partial charge is 0.394 e. The second-order valence-electron chi connectivity index (χ2n) is 4.75. The van der Waals surface area contributed by atoms with Crippen molar-refractivity contribution in [1.29, 1.82) is 0 Å². The monoisotopic (exact) mass is 311 g/mol. The Kier molecular flexibility index (Phi) is 4.40. The van der Waals surface area contributed by atoms with Gasteiger partial charge < -0.3 is 10.0 Å². The molecule has 1 aliphatic heterocycles. The Bertz CT molecular complexity index is 447. The molecule has 1 aromatic rings. The lowest BCUT2D eigenvalue weighted by molar-refractivity contribution is 0.101. The molecule has 0 amide bonds. The molecule has 1 heterocycles. The van der Waals surface area contributed by atoms with Crippen LogP contribution in [-0.2, 0) is 0 Å². The molecular weight excluding hydrogens is 294 g/mol. The summed E-state index contributed by atoms with van der Waals surface area (Å²) in [5, 5.41) is 9.43. The predicted octanol–water partition coefficient (Wildman–Crippen LogP) is 3.00. The first kappa shape index (κ1) is 13.6. The van der Waals surface area contributed by atoms with Gasteiger partial charge in [0.2, 0.25) is 0 Å². The minimum absolute atomic E-state index is 0.0609. The lowest BCUT2D eigenvalue weighted by atomic mass is 10.0. The van der Waals surface area contributed by atoms with Crippen LogP contribution in [0, 0.1) is 0 Å². The van der Waals surface area contributed by atoms with Crippen molar-refractivity contribution >= 4 is 27.4 Å². The number of nitrogens with zero attached hydrogens (tertiary/aromatic N) is 1. The number of aliphatic hydroxyl groups is 1. The van der Waals surface area contributed by atoms with Gasteiger partial charge in [0.15, 0.2) is 5.78 Å². The number of hydrogen-bond donors (Lipinski definition) is 1. The number of aliphatic hydroxyl groups excluding tert-OH is 1. The van der Waals surface area contributed by atoms with Crippen LogP contribution >= 0.6 is 15.9 Å². The Balaban J connectivity index is 2.27. The van der Waals surface area contributed by atoms with Crippen molar-refractivity contribution < 1.29 is 9.90 Å². The highest BCUT2D eigenvalue weighted by atomic mass is 79.9. The zero-order chi connectivity index (χ0) is 13.1. The summed E-state index contributed by atoms with van der Waals surface area (Å²) in [5.74, 6) is 0.0609. The Labute approximate surface area is 116 Å². The van der Waals surface area contributed by atoms with Crippen molar-refractivity contribution in [3.05, 3.63) is 28.2 Å². The van der Waals surface area contributed by atoms with Gasteiger partial charge in [-0.1, -0.05) is 0 Å². The average Bonchev–Trinajstić information content (AvgIpc) is 2.38. The van der Waals surface area contributed by atoms with Crippen LogP contribution in [-0.4, -0.2) is 30.1 Å². The molecule has 98 valence electrons. The molecule has 0 aliphatic carbocycles. The maximum Gasteiger partial charge on any atom is 0.160 e. The van der Waals surface area contributed by atoms with Gasteiger partial charge in [0.1, 0.15) is 0 Å². The van der Waals surface area contributed by atoms with Gasteiger partial charge in [-0.25, -0.2) is 0 Å². The molecule has 2 rings (SSSR count). The summed E-state index contributed by atoms with van der Waals surface area (Å²) in [7, 11) is 0. The molecule has 0 spiro atoms. The van der Waals surface area contributed by atoms with E-state index >= 15 is 0 Å². The van der Waals surface area contributed by atoms with E-state index in [0.29, 0.717) is 5.56 Å². The quantitative estimate of drug-likeness (QED) is 0.872. The Morgan fingerprint density at radius 1 is 1.50 bits per heavy atom. The summed E-state index contributed by atoms with van der Waals surface area (Å²) in [5.41, 5.74) is 1.78. The molecule has 3 nitrogen and oxygen atoms in total. The molecular formula is C14H18BrNO2. The first-order chi connectivity index (χ1) is 8.63. The summed E-state index contributed by atoms with van der Waals surface area (Å²) in [6.45, 7) is 2.72. The van der Waals surface area contributed by atoms with E-state index in [4.69, 9.17) is 0 Å². The van der Waals surface area contributed by atoms with Gasteiger partial charge >= 0.3 is 0 Å². The van der Waals surface area contributed by atoms with E-state index in [9.17, 15) is 9.90 Å². The van der Waals surface area contributed by atoms with Crippen molar-refractivity contribution in [1.82, 2.24) is 0 Å². The van der Waals surface area contributed by atoms with E-state index < -0.39 is 0 Å². The molecule has 1 aliphatic rings. The second-order valence-corrected chi connectivity index (χ2v) is 5.60. The highest BCUT2D eigenvalue weighted by molar-refractivity contribution is 9.10. The normalized spacial score (nSPS) is 19.9. The maximum atomic E-state index is 11.4. The van der Waals surface area contributed by atoms with E-state index in [1.54, 1.807) is 6.92 Å². The first-order valence-electron chi connectivity index (χ1n) is 6.31. The highest BCUT2D eigenvalue weighted by Crippen LogP contribution is 2.29. The minimum atomic E-state index is 0.0609. The summed E-state index contributed by atoms with van der Waals surface area (Å²) in [4.78, 5) is 13.6. The van der Waals surface area contributed by atoms with Gasteiger partial charge in [0, 0.05) is 22.3 Å². The third-order valence-electron chi connectivity index (χ3n) is 3.50. The number of Topliss-reactive ketones (excluding diaryl/α,β-unsaturated/α-hetero) is 1. The number of halogens is 1. The van der Waals surface area contributed by atoms with Crippen molar-refractivity contribution in [2.24, 2.45) is 0 Å². The molecule has 1 fully saturated rings. The first-order valence-corrected chi connectivity index (χ1v) is 7.10. The summed E-state index contributed by atoms with van der Waals surface area (Å²) in [6.07, 6.45) is 3.36. The average molecular weight is 312 g/mol. The SMILES string of the molecule is CC(=O)c1ccc(N2CCCCC2CO)cc1Br. The van der Waals surface area contributed by atoms with Gasteiger partial charge in [-0.05, 0) is 60.3 Å². The van der Waals surface area contributed by atoms with Crippen LogP contribution in [0.1, 0.15) is 36.5 Å². The van der Waals surface area contributed by atoms with Crippen molar-refractivity contribution in [2.75, 3.05) is 18.1 Å². The topological polar surface area (TPSA) is 40.5 Å². The molecule has 4 heteroatoms. The van der Waals surface area contributed by atoms with Gasteiger partial charge in [-0.15, -0.1) is 0 Å². The number of benzene rings is 1. The molecule has 0 saturated carbocycles. The van der Waals surface area contributed by atoms with E-state index in [1.807, 2.05) is 18.2 Å². The van der Waals surface area contributed by atoms with Crippen LogP contribution in [0.15, 0.2) is 22.7 Å². The van der Waals surface area contributed by atoms with Crippen LogP contribution < -0.4 is 4.90 Å². The fraction of sp³-hybridized carbons (Fsp3) is 0.500. The number of rotatable bonds is 3. The Morgan fingerprint density at radius 2 is 2.28 bits per heavy atom. The number of ketones is 1. The Hall–Kier alpha value is -0.870. The van der Waals surface area contributed by atoms with Crippen LogP contribution in [0.2, 0.25) is 0 Å². The van der Waals surface area contributed by atoms with E-state index in [2.05, 4.69) is 20.8 Å². The van der Waals surface area contributed by atoms with E-state index in [1.165, 1.54) is 6.42 Å². The number of carbonyl (C=O) groups is 1. The van der Waals surface area contributed by atoms with Crippen molar-refractivity contribution in [3.63, 3.8) is 0 Å². The third kappa shape index (κ3) is 2.75. The molecule has 0 aromatic heterocycles. The van der Waals surface area contributed by atoms with Crippen molar-refractivity contribution in [2.45, 2.75) is 32.2 Å². The number of anilines is 1. The minimum Gasteiger partial charge on any atom is -0.394 e. The smallest absolute Gasteiger partial charge is 0.160 e. The molecule has 1 unspecified atom stereocenters. The number of carbonyl (C=O) groups excluding carboxylic acids is 1. The zero-order valence-corrected chi connectivity index (χ0v) is 12.1. The van der Waals surface area contributed by atoms with Crippen LogP contribution in [0.5, 0.6) is 0 Å². The predicted molar refractivity (Wildman–Crippen MR) is 76.2 cm³/mol. The summed E-state index contributed by atoms with van der Waals surface area (Å²) in [6, 6.07) is 6.00. The molecule has 18 heavy (non-hydrogen) atoms. The molecule has 1 saturated heterocycles. The third-order valence-corrected chi connectivity index (χ3v) is 4.16. The van der Waals surface area contributed by atoms with Crippen LogP contribution in [0.4, 0.5) is 5.69 Å². The summed E-state index contributed by atoms with van der Waals surface area (Å²) >= 11 is 3.45. The lowest BCUT2D eigenvalue weighted by Crippen LogP contribution is -2.41. The van der Waals surface area contributed by atoms with Gasteiger partial charge in [-0.2, -0.15) is 0 Å². The fourth-order valence-corrected chi connectivity index (χ4v) is 3.14. The number of hydrogen-bond acceptors (Lipinski definition) is 3. The lowest BCUT2D eigenvalue weighted by Gasteiger charge is -2.36. The molecule has 1 atom stereocenters. The van der Waals surface area contributed by atoms with E-state index in [-0.39, 0.29) is 18.4 Å². The van der Waals surface area contributed by atoms with Crippen molar-refractivity contribution in [3.8, 4) is 0 Å². The fourth-order valence-electron chi connectivity index (χ4n) is 2.50. The molecule has 1 N–H and O–H groups in total. The van der Waals surface area contributed by atoms with E-state index in [0.717, 1.165) is 29.5 Å². The van der Waals surface area contributed by atoms with Gasteiger partial charge in [0.25, 0.3) is 0 Å². The maximum absolute atomic E-state index is 11.4. The van der Waals surface area contributed by atoms with Crippen LogP contribution in [0.25, 0.3) is 0 Å². The van der Waals surface area contributed by atoms with Gasteiger partial charge in [-0.3, -0.25) is 4.79 Å². The van der Waals surface area contributed by atoms with Gasteiger partial charge in [0.05, 0.1) is 12.6 Å². The standard InChI is InChI=1S/C14H18BrNO2/c1-10(18)13-6-5-11(8-14(13)15)16-7-3-2-4-12(16)9-17/h5-6,8,12,17H,2-4,7,9H2,1H3. The zero-order valence-electron chi connectivity index (χ0n) is 10.5. The number of piperidine rings is 1. The molecule has 0 radical (unpaired) electrons. The molecule has 0 bridgehead atoms.